The molecule has 0 bridgehead atoms. The third-order valence-electron chi connectivity index (χ3n) is 4.37. The van der Waals surface area contributed by atoms with Crippen LogP contribution in [0.15, 0.2) is 12.1 Å². The lowest BCUT2D eigenvalue weighted by atomic mass is 10.0. The SMILES string of the molecule is Cl.O=C1CNCCN1C1CCCN(Cc2ccc(C(F)(F)F)s2)C1. The van der Waals surface area contributed by atoms with Crippen LogP contribution in [0.2, 0.25) is 0 Å². The first-order chi connectivity index (χ1) is 10.9. The van der Waals surface area contributed by atoms with Gasteiger partial charge in [0.25, 0.3) is 0 Å². The molecule has 0 aromatic carbocycles. The van der Waals surface area contributed by atoms with Crippen molar-refractivity contribution in [2.45, 2.75) is 31.6 Å². The van der Waals surface area contributed by atoms with Crippen molar-refractivity contribution >= 4 is 29.7 Å². The maximum Gasteiger partial charge on any atom is 0.425 e. The van der Waals surface area contributed by atoms with E-state index in [1.54, 1.807) is 6.07 Å². The number of amides is 1. The van der Waals surface area contributed by atoms with Gasteiger partial charge < -0.3 is 10.2 Å². The number of carbonyl (C=O) groups is 1. The summed E-state index contributed by atoms with van der Waals surface area (Å²) in [7, 11) is 0. The average molecular weight is 384 g/mol. The fourth-order valence-corrected chi connectivity index (χ4v) is 4.19. The first-order valence-electron chi connectivity index (χ1n) is 7.82. The van der Waals surface area contributed by atoms with Gasteiger partial charge >= 0.3 is 6.18 Å². The molecule has 0 spiro atoms. The van der Waals surface area contributed by atoms with Gasteiger partial charge in [-0.1, -0.05) is 0 Å². The van der Waals surface area contributed by atoms with E-state index in [1.807, 2.05) is 4.90 Å². The van der Waals surface area contributed by atoms with E-state index in [0.29, 0.717) is 19.6 Å². The van der Waals surface area contributed by atoms with Crippen molar-refractivity contribution in [1.29, 1.82) is 0 Å². The fraction of sp³-hybridized carbons (Fsp3) is 0.667. The van der Waals surface area contributed by atoms with Gasteiger partial charge in [0.1, 0.15) is 4.88 Å². The van der Waals surface area contributed by atoms with Gasteiger partial charge in [-0.25, -0.2) is 0 Å². The van der Waals surface area contributed by atoms with Gasteiger partial charge in [-0.2, -0.15) is 13.2 Å². The molecule has 24 heavy (non-hydrogen) atoms. The summed E-state index contributed by atoms with van der Waals surface area (Å²) in [5.74, 6) is 0.124. The predicted octanol–water partition coefficient (Wildman–Crippen LogP) is 2.58. The van der Waals surface area contributed by atoms with Gasteiger partial charge in [0.05, 0.1) is 6.54 Å². The van der Waals surface area contributed by atoms with Crippen LogP contribution in [0.5, 0.6) is 0 Å². The second kappa shape index (κ2) is 8.03. The highest BCUT2D eigenvalue weighted by Crippen LogP contribution is 2.35. The van der Waals surface area contributed by atoms with Crippen LogP contribution in [-0.2, 0) is 17.5 Å². The maximum absolute atomic E-state index is 12.7. The smallest absolute Gasteiger partial charge is 0.336 e. The second-order valence-electron chi connectivity index (χ2n) is 6.06. The molecule has 1 unspecified atom stereocenters. The van der Waals surface area contributed by atoms with Crippen LogP contribution in [0.4, 0.5) is 13.2 Å². The van der Waals surface area contributed by atoms with Crippen molar-refractivity contribution in [3.8, 4) is 0 Å². The number of halogens is 4. The monoisotopic (exact) mass is 383 g/mol. The summed E-state index contributed by atoms with van der Waals surface area (Å²) in [4.78, 5) is 16.3. The highest BCUT2D eigenvalue weighted by atomic mass is 35.5. The summed E-state index contributed by atoms with van der Waals surface area (Å²) in [6, 6.07) is 2.90. The van der Waals surface area contributed by atoms with Crippen molar-refractivity contribution in [1.82, 2.24) is 15.1 Å². The first kappa shape index (κ1) is 19.5. The van der Waals surface area contributed by atoms with Crippen molar-refractivity contribution in [2.24, 2.45) is 0 Å². The molecule has 2 saturated heterocycles. The van der Waals surface area contributed by atoms with Gasteiger partial charge in [0, 0.05) is 37.1 Å². The topological polar surface area (TPSA) is 35.6 Å². The summed E-state index contributed by atoms with van der Waals surface area (Å²) in [6.45, 7) is 4.05. The second-order valence-corrected chi connectivity index (χ2v) is 7.23. The van der Waals surface area contributed by atoms with Crippen molar-refractivity contribution in [3.05, 3.63) is 21.9 Å². The molecule has 0 saturated carbocycles. The molecule has 136 valence electrons. The number of alkyl halides is 3. The van der Waals surface area contributed by atoms with Crippen molar-refractivity contribution < 1.29 is 18.0 Å². The quantitative estimate of drug-likeness (QED) is 0.871. The Hall–Kier alpha value is -0.830. The summed E-state index contributed by atoms with van der Waals surface area (Å²) >= 11 is 0.814. The molecule has 1 atom stereocenters. The van der Waals surface area contributed by atoms with Gasteiger partial charge in [-0.05, 0) is 31.5 Å². The van der Waals surface area contributed by atoms with Crippen LogP contribution in [0.3, 0.4) is 0 Å². The standard InChI is InChI=1S/C15H20F3N3OS.ClH/c16-15(17,18)13-4-3-12(23-13)10-20-6-1-2-11(9-20)21-7-5-19-8-14(21)22;/h3-4,11,19H,1-2,5-10H2;1H. The Morgan fingerprint density at radius 2 is 2.08 bits per heavy atom. The third kappa shape index (κ3) is 4.62. The molecule has 9 heteroatoms. The molecule has 0 radical (unpaired) electrons. The molecule has 2 fully saturated rings. The number of nitrogens with one attached hydrogen (secondary N) is 1. The molecule has 1 aromatic heterocycles. The summed E-state index contributed by atoms with van der Waals surface area (Å²) in [5, 5.41) is 3.06. The molecule has 1 aromatic rings. The summed E-state index contributed by atoms with van der Waals surface area (Å²) in [5.41, 5.74) is 0. The lowest BCUT2D eigenvalue weighted by molar-refractivity contribution is -0.136. The molecule has 3 heterocycles. The molecule has 4 nitrogen and oxygen atoms in total. The number of hydrogen-bond acceptors (Lipinski definition) is 4. The summed E-state index contributed by atoms with van der Waals surface area (Å²) < 4.78 is 38.0. The number of hydrogen-bond donors (Lipinski definition) is 1. The Morgan fingerprint density at radius 1 is 1.29 bits per heavy atom. The minimum absolute atomic E-state index is 0. The number of likely N-dealkylation sites (tertiary alicyclic amines) is 1. The van der Waals surface area contributed by atoms with Gasteiger partial charge in [0.15, 0.2) is 0 Å². The van der Waals surface area contributed by atoms with E-state index in [4.69, 9.17) is 0 Å². The number of piperidine rings is 1. The van der Waals surface area contributed by atoms with E-state index in [2.05, 4.69) is 10.2 Å². The molecule has 0 aliphatic carbocycles. The molecular weight excluding hydrogens is 363 g/mol. The molecule has 2 aliphatic heterocycles. The molecular formula is C15H21ClF3N3OS. The van der Waals surface area contributed by atoms with E-state index < -0.39 is 11.1 Å². The number of nitrogens with zero attached hydrogens (tertiary/aromatic N) is 2. The number of rotatable bonds is 3. The number of piperazine rings is 1. The zero-order valence-electron chi connectivity index (χ0n) is 13.1. The van der Waals surface area contributed by atoms with Gasteiger partial charge in [0.2, 0.25) is 5.91 Å². The summed E-state index contributed by atoms with van der Waals surface area (Å²) in [6.07, 6.45) is -2.32. The Bertz CT molecular complexity index is 566. The van der Waals surface area contributed by atoms with E-state index in [-0.39, 0.29) is 24.4 Å². The number of carbonyl (C=O) groups excluding carboxylic acids is 1. The minimum atomic E-state index is -4.26. The van der Waals surface area contributed by atoms with Crippen LogP contribution in [0.25, 0.3) is 0 Å². The van der Waals surface area contributed by atoms with Gasteiger partial charge in [-0.15, -0.1) is 23.7 Å². The van der Waals surface area contributed by atoms with Crippen LogP contribution < -0.4 is 5.32 Å². The Balaban J connectivity index is 0.00000208. The highest BCUT2D eigenvalue weighted by Gasteiger charge is 2.33. The normalized spacial score (nSPS) is 23.2. The van der Waals surface area contributed by atoms with E-state index >= 15 is 0 Å². The van der Waals surface area contributed by atoms with E-state index in [0.717, 1.165) is 54.8 Å². The molecule has 3 rings (SSSR count). The van der Waals surface area contributed by atoms with Gasteiger partial charge in [-0.3, -0.25) is 9.69 Å². The Morgan fingerprint density at radius 3 is 2.75 bits per heavy atom. The minimum Gasteiger partial charge on any atom is -0.336 e. The van der Waals surface area contributed by atoms with Crippen molar-refractivity contribution in [2.75, 3.05) is 32.7 Å². The molecule has 2 aliphatic rings. The van der Waals surface area contributed by atoms with E-state index in [1.165, 1.54) is 0 Å². The fourth-order valence-electron chi connectivity index (χ4n) is 3.27. The lowest BCUT2D eigenvalue weighted by Crippen LogP contribution is -2.56. The largest absolute Gasteiger partial charge is 0.425 e. The average Bonchev–Trinajstić information content (AvgIpc) is 2.97. The molecule has 1 N–H and O–H groups in total. The van der Waals surface area contributed by atoms with Crippen LogP contribution in [0.1, 0.15) is 22.6 Å². The first-order valence-corrected chi connectivity index (χ1v) is 8.63. The Labute approximate surface area is 149 Å². The Kier molecular flexibility index (Phi) is 6.52. The lowest BCUT2D eigenvalue weighted by Gasteiger charge is -2.41. The van der Waals surface area contributed by atoms with E-state index in [9.17, 15) is 18.0 Å². The maximum atomic E-state index is 12.7. The predicted molar refractivity (Wildman–Crippen MR) is 89.5 cm³/mol. The number of thiophene rings is 1. The zero-order valence-corrected chi connectivity index (χ0v) is 14.8. The molecule has 1 amide bonds. The van der Waals surface area contributed by atoms with Crippen LogP contribution in [-0.4, -0.2) is 54.5 Å². The zero-order chi connectivity index (χ0) is 16.4. The van der Waals surface area contributed by atoms with Crippen molar-refractivity contribution in [3.63, 3.8) is 0 Å². The van der Waals surface area contributed by atoms with Crippen LogP contribution in [0, 0.1) is 0 Å². The third-order valence-corrected chi connectivity index (χ3v) is 5.48. The van der Waals surface area contributed by atoms with Crippen LogP contribution >= 0.6 is 23.7 Å². The highest BCUT2D eigenvalue weighted by molar-refractivity contribution is 7.12.